The summed E-state index contributed by atoms with van der Waals surface area (Å²) in [4.78, 5) is 19.3. The quantitative estimate of drug-likeness (QED) is 0.559. The maximum absolute atomic E-state index is 10.9. The average molecular weight is 367 g/mol. The first kappa shape index (κ1) is 13.7. The number of ether oxygens (including phenoxy) is 1. The third-order valence-corrected chi connectivity index (χ3v) is 4.26. The number of nitrogens with zero attached hydrogens (tertiary/aromatic N) is 3. The van der Waals surface area contributed by atoms with Gasteiger partial charge in [0, 0.05) is 6.07 Å². The molecular formula is C12H7BrN4O3S. The molecule has 0 fully saturated rings. The van der Waals surface area contributed by atoms with E-state index in [1.807, 2.05) is 5.38 Å². The normalized spacial score (nSPS) is 10.7. The van der Waals surface area contributed by atoms with E-state index in [4.69, 9.17) is 10.5 Å². The lowest BCUT2D eigenvalue weighted by atomic mass is 10.3. The van der Waals surface area contributed by atoms with E-state index in [2.05, 4.69) is 25.9 Å². The molecule has 0 amide bonds. The highest BCUT2D eigenvalue weighted by Crippen LogP contribution is 2.38. The molecule has 0 aliphatic rings. The number of nitro groups is 1. The molecule has 7 nitrogen and oxygen atoms in total. The van der Waals surface area contributed by atoms with Crippen LogP contribution in [-0.4, -0.2) is 14.9 Å². The molecule has 0 aliphatic heterocycles. The molecule has 0 atom stereocenters. The fraction of sp³-hybridized carbons (Fsp3) is 0. The summed E-state index contributed by atoms with van der Waals surface area (Å²) in [5, 5.41) is 13.5. The van der Waals surface area contributed by atoms with Gasteiger partial charge in [0.2, 0.25) is 11.8 Å². The van der Waals surface area contributed by atoms with E-state index in [9.17, 15) is 10.1 Å². The van der Waals surface area contributed by atoms with Gasteiger partial charge in [0.25, 0.3) is 5.69 Å². The minimum absolute atomic E-state index is 0.0847. The highest BCUT2D eigenvalue weighted by atomic mass is 79.9. The van der Waals surface area contributed by atoms with Gasteiger partial charge in [0.15, 0.2) is 5.75 Å². The lowest BCUT2D eigenvalue weighted by Crippen LogP contribution is -1.98. The summed E-state index contributed by atoms with van der Waals surface area (Å²) in [5.41, 5.74) is 5.55. The second kappa shape index (κ2) is 5.26. The minimum atomic E-state index is -0.495. The van der Waals surface area contributed by atoms with Gasteiger partial charge >= 0.3 is 0 Å². The van der Waals surface area contributed by atoms with Crippen molar-refractivity contribution in [1.82, 2.24) is 9.97 Å². The van der Waals surface area contributed by atoms with Crippen molar-refractivity contribution in [1.29, 1.82) is 0 Å². The first-order valence-electron chi connectivity index (χ1n) is 5.67. The molecule has 2 N–H and O–H groups in total. The topological polar surface area (TPSA) is 104 Å². The monoisotopic (exact) mass is 366 g/mol. The standard InChI is InChI=1S/C12H7BrN4O3S/c13-9-7(17(18)19)2-1-3-8(9)20-10-6-4-5-21-11(6)16-12(14)15-10/h1-5H,(H2,14,15,16). The Hall–Kier alpha value is -2.26. The molecule has 2 heterocycles. The van der Waals surface area contributed by atoms with Gasteiger partial charge in [0.05, 0.1) is 10.3 Å². The Kier molecular flexibility index (Phi) is 3.43. The minimum Gasteiger partial charge on any atom is -0.437 e. The van der Waals surface area contributed by atoms with Crippen molar-refractivity contribution >= 4 is 49.1 Å². The second-order valence-corrected chi connectivity index (χ2v) is 5.66. The van der Waals surface area contributed by atoms with Gasteiger partial charge < -0.3 is 10.5 Å². The number of hydrogen-bond donors (Lipinski definition) is 1. The number of halogens is 1. The molecule has 9 heteroatoms. The molecule has 0 saturated carbocycles. The largest absolute Gasteiger partial charge is 0.437 e. The number of fused-ring (bicyclic) bond motifs is 1. The van der Waals surface area contributed by atoms with Crippen LogP contribution in [0, 0.1) is 10.1 Å². The van der Waals surface area contributed by atoms with Crippen molar-refractivity contribution in [3.05, 3.63) is 44.2 Å². The predicted molar refractivity (Wildman–Crippen MR) is 82.7 cm³/mol. The maximum atomic E-state index is 10.9. The summed E-state index contributed by atoms with van der Waals surface area (Å²) in [6.45, 7) is 0. The van der Waals surface area contributed by atoms with E-state index < -0.39 is 4.92 Å². The van der Waals surface area contributed by atoms with Gasteiger partial charge in [-0.25, -0.2) is 4.98 Å². The molecule has 0 radical (unpaired) electrons. The summed E-state index contributed by atoms with van der Waals surface area (Å²) >= 11 is 4.58. The van der Waals surface area contributed by atoms with E-state index >= 15 is 0 Å². The Morgan fingerprint density at radius 2 is 2.14 bits per heavy atom. The predicted octanol–water partition coefficient (Wildman–Crippen LogP) is 3.74. The molecule has 0 bridgehead atoms. The summed E-state index contributed by atoms with van der Waals surface area (Å²) in [6.07, 6.45) is 0. The van der Waals surface area contributed by atoms with Crippen LogP contribution in [0.5, 0.6) is 11.6 Å². The van der Waals surface area contributed by atoms with Crippen LogP contribution in [0.1, 0.15) is 0 Å². The van der Waals surface area contributed by atoms with E-state index in [1.165, 1.54) is 23.5 Å². The van der Waals surface area contributed by atoms with Crippen LogP contribution in [0.25, 0.3) is 10.2 Å². The molecule has 106 valence electrons. The number of rotatable bonds is 3. The Bertz CT molecular complexity index is 852. The molecular weight excluding hydrogens is 360 g/mol. The van der Waals surface area contributed by atoms with Gasteiger partial charge in [-0.15, -0.1) is 11.3 Å². The van der Waals surface area contributed by atoms with Crippen molar-refractivity contribution in [2.24, 2.45) is 0 Å². The van der Waals surface area contributed by atoms with Crippen molar-refractivity contribution in [3.8, 4) is 11.6 Å². The van der Waals surface area contributed by atoms with Crippen LogP contribution >= 0.6 is 27.3 Å². The molecule has 0 saturated heterocycles. The second-order valence-electron chi connectivity index (χ2n) is 3.97. The Morgan fingerprint density at radius 1 is 1.33 bits per heavy atom. The highest BCUT2D eigenvalue weighted by molar-refractivity contribution is 9.10. The number of benzene rings is 1. The van der Waals surface area contributed by atoms with Gasteiger partial charge in [-0.3, -0.25) is 10.1 Å². The van der Waals surface area contributed by atoms with Crippen LogP contribution in [0.3, 0.4) is 0 Å². The third kappa shape index (κ3) is 2.52. The number of nitro benzene ring substituents is 1. The van der Waals surface area contributed by atoms with E-state index in [0.29, 0.717) is 10.2 Å². The van der Waals surface area contributed by atoms with Crippen LogP contribution in [0.4, 0.5) is 11.6 Å². The zero-order chi connectivity index (χ0) is 15.0. The van der Waals surface area contributed by atoms with Crippen LogP contribution < -0.4 is 10.5 Å². The van der Waals surface area contributed by atoms with Gasteiger partial charge in [-0.2, -0.15) is 4.98 Å². The van der Waals surface area contributed by atoms with E-state index in [-0.39, 0.29) is 27.7 Å². The number of aromatic nitrogens is 2. The molecule has 1 aromatic carbocycles. The van der Waals surface area contributed by atoms with Crippen LogP contribution in [0.2, 0.25) is 0 Å². The van der Waals surface area contributed by atoms with Crippen molar-refractivity contribution in [2.75, 3.05) is 5.73 Å². The van der Waals surface area contributed by atoms with Crippen molar-refractivity contribution < 1.29 is 9.66 Å². The highest BCUT2D eigenvalue weighted by Gasteiger charge is 2.18. The summed E-state index contributed by atoms with van der Waals surface area (Å²) in [6, 6.07) is 6.33. The first-order chi connectivity index (χ1) is 10.1. The van der Waals surface area contributed by atoms with Crippen LogP contribution in [0.15, 0.2) is 34.1 Å². The summed E-state index contributed by atoms with van der Waals surface area (Å²) in [7, 11) is 0. The zero-order valence-electron chi connectivity index (χ0n) is 10.3. The van der Waals surface area contributed by atoms with Crippen LogP contribution in [-0.2, 0) is 0 Å². The molecule has 3 rings (SSSR count). The van der Waals surface area contributed by atoms with Gasteiger partial charge in [-0.1, -0.05) is 6.07 Å². The SMILES string of the molecule is Nc1nc(Oc2cccc([N+](=O)[O-])c2Br)c2ccsc2n1. The lowest BCUT2D eigenvalue weighted by molar-refractivity contribution is -0.385. The summed E-state index contributed by atoms with van der Waals surface area (Å²) < 4.78 is 5.92. The van der Waals surface area contributed by atoms with Gasteiger partial charge in [-0.05, 0) is 33.4 Å². The number of thiophene rings is 1. The van der Waals surface area contributed by atoms with E-state index in [1.54, 1.807) is 12.1 Å². The molecule has 3 aromatic rings. The number of hydrogen-bond acceptors (Lipinski definition) is 7. The number of nitrogen functional groups attached to an aromatic ring is 1. The fourth-order valence-electron chi connectivity index (χ4n) is 1.74. The Balaban J connectivity index is 2.09. The van der Waals surface area contributed by atoms with E-state index in [0.717, 1.165) is 0 Å². The number of anilines is 1. The third-order valence-electron chi connectivity index (χ3n) is 2.65. The van der Waals surface area contributed by atoms with Gasteiger partial charge in [0.1, 0.15) is 9.30 Å². The Morgan fingerprint density at radius 3 is 2.90 bits per heavy atom. The Labute approximate surface area is 130 Å². The van der Waals surface area contributed by atoms with Crippen molar-refractivity contribution in [3.63, 3.8) is 0 Å². The molecule has 0 unspecified atom stereocenters. The maximum Gasteiger partial charge on any atom is 0.287 e. The summed E-state index contributed by atoms with van der Waals surface area (Å²) in [5.74, 6) is 0.635. The molecule has 21 heavy (non-hydrogen) atoms. The lowest BCUT2D eigenvalue weighted by Gasteiger charge is -2.08. The van der Waals surface area contributed by atoms with Crippen molar-refractivity contribution in [2.45, 2.75) is 0 Å². The first-order valence-corrected chi connectivity index (χ1v) is 7.35. The molecule has 2 aromatic heterocycles. The average Bonchev–Trinajstić information content (AvgIpc) is 2.88. The molecule has 0 spiro atoms. The fourth-order valence-corrected chi connectivity index (χ4v) is 3.00. The zero-order valence-corrected chi connectivity index (χ0v) is 12.7. The molecule has 0 aliphatic carbocycles. The smallest absolute Gasteiger partial charge is 0.287 e. The number of nitrogens with two attached hydrogens (primary N) is 1.